The lowest BCUT2D eigenvalue weighted by Gasteiger charge is -2.06. The van der Waals surface area contributed by atoms with E-state index in [9.17, 15) is 8.78 Å². The van der Waals surface area contributed by atoms with Gasteiger partial charge in [0.05, 0.1) is 0 Å². The average Bonchev–Trinajstić information content (AvgIpc) is 2.60. The molecule has 0 nitrogen and oxygen atoms in total. The largest absolute Gasteiger partial charge is 0.204 e. The van der Waals surface area contributed by atoms with Crippen LogP contribution in [0.15, 0.2) is 42.5 Å². The van der Waals surface area contributed by atoms with Crippen LogP contribution in [0.2, 0.25) is 0 Å². The number of benzene rings is 2. The second-order valence-electron chi connectivity index (χ2n) is 6.52. The zero-order chi connectivity index (χ0) is 17.2. The first-order valence-corrected chi connectivity index (χ1v) is 9.25. The van der Waals surface area contributed by atoms with Crippen LogP contribution in [0.5, 0.6) is 0 Å². The van der Waals surface area contributed by atoms with Gasteiger partial charge in [-0.1, -0.05) is 88.3 Å². The molecule has 0 fully saturated rings. The van der Waals surface area contributed by atoms with Crippen LogP contribution in [0, 0.1) is 11.6 Å². The van der Waals surface area contributed by atoms with Crippen molar-refractivity contribution < 1.29 is 8.78 Å². The zero-order valence-corrected chi connectivity index (χ0v) is 14.7. The third-order valence-corrected chi connectivity index (χ3v) is 4.54. The summed E-state index contributed by atoms with van der Waals surface area (Å²) in [5.41, 5.74) is 2.32. The van der Waals surface area contributed by atoms with Crippen molar-refractivity contribution in [3.05, 3.63) is 59.7 Å². The molecule has 0 bridgehead atoms. The highest BCUT2D eigenvalue weighted by Gasteiger charge is 2.09. The fourth-order valence-corrected chi connectivity index (χ4v) is 3.04. The van der Waals surface area contributed by atoms with Crippen molar-refractivity contribution in [1.29, 1.82) is 0 Å². The van der Waals surface area contributed by atoms with Crippen LogP contribution < -0.4 is 0 Å². The Bertz CT molecular complexity index is 602. The fourth-order valence-electron chi connectivity index (χ4n) is 3.04. The highest BCUT2D eigenvalue weighted by molar-refractivity contribution is 5.64. The molecule has 2 rings (SSSR count). The molecule has 0 aliphatic rings. The first-order valence-electron chi connectivity index (χ1n) is 9.25. The molecule has 0 amide bonds. The first-order chi connectivity index (χ1) is 11.7. The molecule has 0 aromatic heterocycles. The van der Waals surface area contributed by atoms with Gasteiger partial charge in [0.25, 0.3) is 0 Å². The van der Waals surface area contributed by atoms with Crippen LogP contribution in [0.4, 0.5) is 8.78 Å². The van der Waals surface area contributed by atoms with Crippen LogP contribution in [0.3, 0.4) is 0 Å². The minimum absolute atomic E-state index is 0.327. The smallest absolute Gasteiger partial charge is 0.166 e. The van der Waals surface area contributed by atoms with E-state index < -0.39 is 11.6 Å². The Morgan fingerprint density at radius 3 is 2.00 bits per heavy atom. The minimum atomic E-state index is -0.796. The SMILES string of the molecule is CCCCCCCCCCc1ccc(-c2cccc(F)c2F)cc1. The molecular formula is C22H28F2. The molecule has 0 radical (unpaired) electrons. The lowest BCUT2D eigenvalue weighted by molar-refractivity contribution is 0.511. The number of aryl methyl sites for hydroxylation is 1. The van der Waals surface area contributed by atoms with Crippen molar-refractivity contribution in [2.24, 2.45) is 0 Å². The second-order valence-corrected chi connectivity index (χ2v) is 6.52. The predicted molar refractivity (Wildman–Crippen MR) is 98.1 cm³/mol. The Balaban J connectivity index is 1.75. The van der Waals surface area contributed by atoms with E-state index in [2.05, 4.69) is 6.92 Å². The van der Waals surface area contributed by atoms with Gasteiger partial charge in [0.15, 0.2) is 11.6 Å². The van der Waals surface area contributed by atoms with E-state index in [1.807, 2.05) is 24.3 Å². The summed E-state index contributed by atoms with van der Waals surface area (Å²) in [7, 11) is 0. The lowest BCUT2D eigenvalue weighted by Crippen LogP contribution is -1.90. The maximum absolute atomic E-state index is 13.8. The third kappa shape index (κ3) is 5.74. The van der Waals surface area contributed by atoms with Gasteiger partial charge in [0.1, 0.15) is 0 Å². The van der Waals surface area contributed by atoms with Crippen molar-refractivity contribution in [2.75, 3.05) is 0 Å². The Labute approximate surface area is 144 Å². The van der Waals surface area contributed by atoms with Crippen LogP contribution in [0.1, 0.15) is 63.9 Å². The van der Waals surface area contributed by atoms with Gasteiger partial charge >= 0.3 is 0 Å². The van der Waals surface area contributed by atoms with Gasteiger partial charge in [-0.2, -0.15) is 0 Å². The molecule has 0 saturated carbocycles. The summed E-state index contributed by atoms with van der Waals surface area (Å²) in [5.74, 6) is -1.57. The summed E-state index contributed by atoms with van der Waals surface area (Å²) in [6.07, 6.45) is 11.6. The van der Waals surface area contributed by atoms with Gasteiger partial charge in [-0.3, -0.25) is 0 Å². The van der Waals surface area contributed by atoms with Gasteiger partial charge < -0.3 is 0 Å². The summed E-state index contributed by atoms with van der Waals surface area (Å²) in [6, 6.07) is 12.1. The first kappa shape index (κ1) is 18.6. The number of rotatable bonds is 10. The van der Waals surface area contributed by atoms with Gasteiger partial charge in [0.2, 0.25) is 0 Å². The molecular weight excluding hydrogens is 302 g/mol. The molecule has 0 heterocycles. The molecule has 0 N–H and O–H groups in total. The van der Waals surface area contributed by atoms with Gasteiger partial charge in [-0.15, -0.1) is 0 Å². The van der Waals surface area contributed by atoms with Crippen molar-refractivity contribution in [2.45, 2.75) is 64.7 Å². The normalized spacial score (nSPS) is 11.0. The lowest BCUT2D eigenvalue weighted by atomic mass is 10.00. The molecule has 0 aliphatic carbocycles. The highest BCUT2D eigenvalue weighted by Crippen LogP contribution is 2.25. The van der Waals surface area contributed by atoms with Gasteiger partial charge in [-0.25, -0.2) is 8.78 Å². The summed E-state index contributed by atoms with van der Waals surface area (Å²) < 4.78 is 27.1. The third-order valence-electron chi connectivity index (χ3n) is 4.54. The maximum atomic E-state index is 13.8. The number of unbranched alkanes of at least 4 members (excludes halogenated alkanes) is 7. The van der Waals surface area contributed by atoms with Crippen molar-refractivity contribution >= 4 is 0 Å². The van der Waals surface area contributed by atoms with E-state index in [4.69, 9.17) is 0 Å². The monoisotopic (exact) mass is 330 g/mol. The van der Waals surface area contributed by atoms with Crippen molar-refractivity contribution in [1.82, 2.24) is 0 Å². The topological polar surface area (TPSA) is 0 Å². The minimum Gasteiger partial charge on any atom is -0.204 e. The molecule has 130 valence electrons. The zero-order valence-electron chi connectivity index (χ0n) is 14.7. The molecule has 0 spiro atoms. The molecule has 0 atom stereocenters. The maximum Gasteiger partial charge on any atom is 0.166 e. The van der Waals surface area contributed by atoms with E-state index in [-0.39, 0.29) is 0 Å². The molecule has 0 saturated heterocycles. The van der Waals surface area contributed by atoms with E-state index in [1.54, 1.807) is 12.1 Å². The van der Waals surface area contributed by atoms with Crippen molar-refractivity contribution in [3.63, 3.8) is 0 Å². The van der Waals surface area contributed by atoms with E-state index in [0.717, 1.165) is 18.1 Å². The molecule has 2 aromatic rings. The molecule has 0 aliphatic heterocycles. The Morgan fingerprint density at radius 2 is 1.33 bits per heavy atom. The number of halogens is 2. The number of hydrogen-bond acceptors (Lipinski definition) is 0. The van der Waals surface area contributed by atoms with Gasteiger partial charge in [-0.05, 0) is 30.0 Å². The van der Waals surface area contributed by atoms with Crippen LogP contribution in [0.25, 0.3) is 11.1 Å². The number of hydrogen-bond donors (Lipinski definition) is 0. The second kappa shape index (κ2) is 10.2. The van der Waals surface area contributed by atoms with Crippen LogP contribution >= 0.6 is 0 Å². The summed E-state index contributed by atoms with van der Waals surface area (Å²) in [4.78, 5) is 0. The standard InChI is InChI=1S/C22H28F2/c1-2-3-4-5-6-7-8-9-11-18-14-16-19(17-15-18)20-12-10-13-21(23)22(20)24/h10,12-17H,2-9,11H2,1H3. The molecule has 2 heteroatoms. The van der Waals surface area contributed by atoms with Crippen molar-refractivity contribution in [3.8, 4) is 11.1 Å². The Hall–Kier alpha value is -1.70. The van der Waals surface area contributed by atoms with Crippen LogP contribution in [-0.2, 0) is 6.42 Å². The average molecular weight is 330 g/mol. The highest BCUT2D eigenvalue weighted by atomic mass is 19.2. The quantitative estimate of drug-likeness (QED) is 0.400. The Kier molecular flexibility index (Phi) is 7.94. The van der Waals surface area contributed by atoms with E-state index >= 15 is 0 Å². The Morgan fingerprint density at radius 1 is 0.708 bits per heavy atom. The van der Waals surface area contributed by atoms with E-state index in [0.29, 0.717) is 5.56 Å². The molecule has 2 aromatic carbocycles. The predicted octanol–water partition coefficient (Wildman–Crippen LogP) is 7.32. The van der Waals surface area contributed by atoms with Gasteiger partial charge in [0, 0.05) is 5.56 Å². The van der Waals surface area contributed by atoms with E-state index in [1.165, 1.54) is 56.9 Å². The summed E-state index contributed by atoms with van der Waals surface area (Å²) in [5, 5.41) is 0. The molecule has 0 unspecified atom stereocenters. The summed E-state index contributed by atoms with van der Waals surface area (Å²) in [6.45, 7) is 2.24. The fraction of sp³-hybridized carbons (Fsp3) is 0.455. The molecule has 24 heavy (non-hydrogen) atoms. The summed E-state index contributed by atoms with van der Waals surface area (Å²) >= 11 is 0. The van der Waals surface area contributed by atoms with Crippen LogP contribution in [-0.4, -0.2) is 0 Å².